The predicted molar refractivity (Wildman–Crippen MR) is 99.8 cm³/mol. The average Bonchev–Trinajstić information content (AvgIpc) is 3.10. The number of sulfonamides is 1. The van der Waals surface area contributed by atoms with Crippen molar-refractivity contribution in [3.05, 3.63) is 76.5 Å². The zero-order valence-electron chi connectivity index (χ0n) is 13.8. The Hall–Kier alpha value is -3.50. The lowest BCUT2D eigenvalue weighted by Gasteiger charge is -2.01. The number of nitro benzene ring substituents is 1. The lowest BCUT2D eigenvalue weighted by atomic mass is 10.1. The molecular weight excluding hydrogens is 372 g/mol. The van der Waals surface area contributed by atoms with Gasteiger partial charge in [0.1, 0.15) is 11.5 Å². The van der Waals surface area contributed by atoms with E-state index in [0.717, 1.165) is 0 Å². The Kier molecular flexibility index (Phi) is 5.01. The molecule has 0 unspecified atom stereocenters. The Balaban J connectivity index is 1.72. The molecule has 138 valence electrons. The minimum Gasteiger partial charge on any atom is -0.455 e. The van der Waals surface area contributed by atoms with Crippen LogP contribution in [-0.4, -0.2) is 19.6 Å². The minimum atomic E-state index is -3.75. The second kappa shape index (κ2) is 7.40. The van der Waals surface area contributed by atoms with Crippen LogP contribution < -0.4 is 10.6 Å². The second-order valence-corrected chi connectivity index (χ2v) is 6.98. The van der Waals surface area contributed by atoms with Gasteiger partial charge < -0.3 is 4.42 Å². The highest BCUT2D eigenvalue weighted by molar-refractivity contribution is 7.89. The molecular formula is C17H14N4O5S. The number of rotatable bonds is 6. The van der Waals surface area contributed by atoms with Gasteiger partial charge in [0.05, 0.1) is 27.3 Å². The van der Waals surface area contributed by atoms with Crippen LogP contribution in [0, 0.1) is 10.1 Å². The summed E-state index contributed by atoms with van der Waals surface area (Å²) in [5, 5.41) is 20.1. The number of nitrogens with one attached hydrogen (secondary N) is 1. The molecule has 3 aromatic rings. The Morgan fingerprint density at radius 1 is 1.07 bits per heavy atom. The van der Waals surface area contributed by atoms with Crippen LogP contribution in [0.4, 0.5) is 11.4 Å². The summed E-state index contributed by atoms with van der Waals surface area (Å²) < 4.78 is 28.0. The van der Waals surface area contributed by atoms with Gasteiger partial charge in [0, 0.05) is 6.07 Å². The van der Waals surface area contributed by atoms with Crippen molar-refractivity contribution >= 4 is 27.6 Å². The Bertz CT molecular complexity index is 1100. The first-order chi connectivity index (χ1) is 12.8. The average molecular weight is 386 g/mol. The molecule has 0 atom stereocenters. The molecule has 0 bridgehead atoms. The van der Waals surface area contributed by atoms with Crippen molar-refractivity contribution in [2.45, 2.75) is 4.90 Å². The van der Waals surface area contributed by atoms with Crippen LogP contribution in [0.1, 0.15) is 5.76 Å². The SMILES string of the molecule is NS(=O)(=O)c1ccc(NN=Cc2ccc(-c3ccccc3[N+](=O)[O-])o2)cc1. The van der Waals surface area contributed by atoms with E-state index in [1.807, 2.05) is 0 Å². The standard InChI is InChI=1S/C17H14N4O5S/c18-27(24,25)14-8-5-12(6-9-14)20-19-11-13-7-10-17(26-13)15-3-1-2-4-16(15)21(22)23/h1-11,20H,(H2,18,24,25). The number of hydrazone groups is 1. The number of anilines is 1. The number of primary sulfonamides is 1. The third-order valence-corrected chi connectivity index (χ3v) is 4.49. The maximum atomic E-state index is 11.2. The highest BCUT2D eigenvalue weighted by atomic mass is 32.2. The Labute approximate surface area is 154 Å². The summed E-state index contributed by atoms with van der Waals surface area (Å²) >= 11 is 0. The van der Waals surface area contributed by atoms with E-state index in [2.05, 4.69) is 10.5 Å². The van der Waals surface area contributed by atoms with Crippen LogP contribution in [-0.2, 0) is 10.0 Å². The molecule has 1 heterocycles. The predicted octanol–water partition coefficient (Wildman–Crippen LogP) is 2.95. The van der Waals surface area contributed by atoms with Gasteiger partial charge in [-0.2, -0.15) is 5.10 Å². The monoisotopic (exact) mass is 386 g/mol. The van der Waals surface area contributed by atoms with Crippen molar-refractivity contribution in [2.75, 3.05) is 5.43 Å². The highest BCUT2D eigenvalue weighted by Crippen LogP contribution is 2.30. The molecule has 0 fully saturated rings. The fraction of sp³-hybridized carbons (Fsp3) is 0. The molecule has 0 aliphatic carbocycles. The van der Waals surface area contributed by atoms with E-state index in [1.165, 1.54) is 36.5 Å². The molecule has 0 spiro atoms. The maximum absolute atomic E-state index is 11.2. The summed E-state index contributed by atoms with van der Waals surface area (Å²) in [4.78, 5) is 10.6. The minimum absolute atomic E-state index is 0.00263. The number of nitrogens with two attached hydrogens (primary N) is 1. The van der Waals surface area contributed by atoms with E-state index in [1.54, 1.807) is 30.3 Å². The van der Waals surface area contributed by atoms with Crippen molar-refractivity contribution in [2.24, 2.45) is 10.2 Å². The normalized spacial score (nSPS) is 11.6. The van der Waals surface area contributed by atoms with Gasteiger partial charge in [-0.25, -0.2) is 13.6 Å². The van der Waals surface area contributed by atoms with Crippen LogP contribution in [0.2, 0.25) is 0 Å². The molecule has 3 rings (SSSR count). The first kappa shape index (κ1) is 18.3. The van der Waals surface area contributed by atoms with Crippen molar-refractivity contribution in [1.29, 1.82) is 0 Å². The van der Waals surface area contributed by atoms with Crippen molar-refractivity contribution < 1.29 is 17.8 Å². The van der Waals surface area contributed by atoms with Crippen LogP contribution >= 0.6 is 0 Å². The largest absolute Gasteiger partial charge is 0.455 e. The molecule has 27 heavy (non-hydrogen) atoms. The van der Waals surface area contributed by atoms with Crippen LogP contribution in [0.3, 0.4) is 0 Å². The van der Waals surface area contributed by atoms with Gasteiger partial charge in [-0.15, -0.1) is 0 Å². The number of para-hydroxylation sites is 1. The number of hydrogen-bond donors (Lipinski definition) is 2. The van der Waals surface area contributed by atoms with Crippen molar-refractivity contribution in [3.63, 3.8) is 0 Å². The van der Waals surface area contributed by atoms with Crippen LogP contribution in [0.25, 0.3) is 11.3 Å². The molecule has 9 nitrogen and oxygen atoms in total. The number of nitrogens with zero attached hydrogens (tertiary/aromatic N) is 2. The first-order valence-electron chi connectivity index (χ1n) is 7.60. The number of furan rings is 1. The van der Waals surface area contributed by atoms with Gasteiger partial charge in [0.25, 0.3) is 5.69 Å². The summed E-state index contributed by atoms with van der Waals surface area (Å²) in [5.41, 5.74) is 3.58. The smallest absolute Gasteiger partial charge is 0.280 e. The van der Waals surface area contributed by atoms with E-state index >= 15 is 0 Å². The summed E-state index contributed by atoms with van der Waals surface area (Å²) in [5.74, 6) is 0.734. The fourth-order valence-corrected chi connectivity index (χ4v) is 2.81. The van der Waals surface area contributed by atoms with E-state index in [-0.39, 0.29) is 10.6 Å². The molecule has 0 amide bonds. The molecule has 2 aromatic carbocycles. The summed E-state index contributed by atoms with van der Waals surface area (Å²) in [6.07, 6.45) is 1.39. The summed E-state index contributed by atoms with van der Waals surface area (Å²) in [7, 11) is -3.75. The summed E-state index contributed by atoms with van der Waals surface area (Å²) in [6.45, 7) is 0. The molecule has 3 N–H and O–H groups in total. The van der Waals surface area contributed by atoms with E-state index < -0.39 is 14.9 Å². The second-order valence-electron chi connectivity index (χ2n) is 5.42. The number of nitro groups is 1. The molecule has 0 radical (unpaired) electrons. The van der Waals surface area contributed by atoms with Crippen molar-refractivity contribution in [3.8, 4) is 11.3 Å². The number of benzene rings is 2. The van der Waals surface area contributed by atoms with Crippen molar-refractivity contribution in [1.82, 2.24) is 0 Å². The van der Waals surface area contributed by atoms with Gasteiger partial charge in [-0.1, -0.05) is 12.1 Å². The van der Waals surface area contributed by atoms with Gasteiger partial charge in [0.15, 0.2) is 0 Å². The molecule has 0 aliphatic heterocycles. The third-order valence-electron chi connectivity index (χ3n) is 3.56. The van der Waals surface area contributed by atoms with E-state index in [0.29, 0.717) is 22.8 Å². The van der Waals surface area contributed by atoms with Gasteiger partial charge >= 0.3 is 0 Å². The molecule has 1 aromatic heterocycles. The molecule has 0 saturated carbocycles. The Morgan fingerprint density at radius 2 is 1.78 bits per heavy atom. The Morgan fingerprint density at radius 3 is 2.44 bits per heavy atom. The zero-order chi connectivity index (χ0) is 19.4. The topological polar surface area (TPSA) is 141 Å². The lowest BCUT2D eigenvalue weighted by Crippen LogP contribution is -2.11. The van der Waals surface area contributed by atoms with E-state index in [4.69, 9.17) is 9.56 Å². The maximum Gasteiger partial charge on any atom is 0.280 e. The molecule has 0 aliphatic rings. The fourth-order valence-electron chi connectivity index (χ4n) is 2.30. The first-order valence-corrected chi connectivity index (χ1v) is 9.15. The quantitative estimate of drug-likeness (QED) is 0.379. The molecule has 10 heteroatoms. The highest BCUT2D eigenvalue weighted by Gasteiger charge is 2.16. The van der Waals surface area contributed by atoms with Gasteiger partial charge in [-0.3, -0.25) is 15.5 Å². The third kappa shape index (κ3) is 4.37. The van der Waals surface area contributed by atoms with Gasteiger partial charge in [0.2, 0.25) is 10.0 Å². The molecule has 0 saturated heterocycles. The van der Waals surface area contributed by atoms with Crippen LogP contribution in [0.5, 0.6) is 0 Å². The summed E-state index contributed by atoms with van der Waals surface area (Å²) in [6, 6.07) is 15.2. The number of hydrogen-bond acceptors (Lipinski definition) is 7. The van der Waals surface area contributed by atoms with E-state index in [9.17, 15) is 18.5 Å². The van der Waals surface area contributed by atoms with Crippen LogP contribution in [0.15, 0.2) is 75.1 Å². The zero-order valence-corrected chi connectivity index (χ0v) is 14.6. The van der Waals surface area contributed by atoms with Gasteiger partial charge in [-0.05, 0) is 42.5 Å². The lowest BCUT2D eigenvalue weighted by molar-refractivity contribution is -0.384.